The first kappa shape index (κ1) is 34.3. The predicted octanol–water partition coefficient (Wildman–Crippen LogP) is 7.60. The van der Waals surface area contributed by atoms with E-state index < -0.39 is 52.4 Å². The van der Waals surface area contributed by atoms with Crippen molar-refractivity contribution in [1.29, 1.82) is 0 Å². The molecule has 3 aromatic rings. The van der Waals surface area contributed by atoms with E-state index in [4.69, 9.17) is 15.2 Å². The molecular formula is C33H36F6N2O4. The number of carbonyl (C=O) groups excluding carboxylic acids is 1. The molecule has 45 heavy (non-hydrogen) atoms. The van der Waals surface area contributed by atoms with E-state index in [1.807, 2.05) is 6.07 Å². The molecule has 4 rings (SSSR count). The van der Waals surface area contributed by atoms with E-state index in [1.165, 1.54) is 25.7 Å². The maximum absolute atomic E-state index is 13.9. The third kappa shape index (κ3) is 7.62. The molecule has 1 aliphatic heterocycles. The van der Waals surface area contributed by atoms with Gasteiger partial charge in [0, 0.05) is 6.54 Å². The summed E-state index contributed by atoms with van der Waals surface area (Å²) in [5, 5.41) is 11.0. The topological polar surface area (TPSA) is 85.0 Å². The lowest BCUT2D eigenvalue weighted by Gasteiger charge is -2.55. The van der Waals surface area contributed by atoms with Gasteiger partial charge in [-0.3, -0.25) is 4.90 Å². The number of hydrogen-bond donors (Lipinski definition) is 2. The minimum absolute atomic E-state index is 0.0603. The van der Waals surface area contributed by atoms with Crippen molar-refractivity contribution >= 4 is 6.09 Å². The van der Waals surface area contributed by atoms with Crippen LogP contribution in [0.4, 0.5) is 31.1 Å². The number of halogens is 6. The average molecular weight is 639 g/mol. The molecule has 3 atom stereocenters. The summed E-state index contributed by atoms with van der Waals surface area (Å²) in [4.78, 5) is 15.2. The van der Waals surface area contributed by atoms with Gasteiger partial charge in [0.1, 0.15) is 6.61 Å². The number of piperidine rings is 1. The van der Waals surface area contributed by atoms with Crippen molar-refractivity contribution in [3.8, 4) is 0 Å². The molecule has 0 radical (unpaired) electrons. The number of nitrogens with two attached hydrogens (primary N) is 1. The number of nitrogens with zero attached hydrogens (tertiary/aromatic N) is 1. The molecular weight excluding hydrogens is 602 g/mol. The van der Waals surface area contributed by atoms with Crippen LogP contribution in [0.3, 0.4) is 0 Å². The molecule has 2 unspecified atom stereocenters. The molecule has 1 heterocycles. The highest BCUT2D eigenvalue weighted by Crippen LogP contribution is 2.45. The number of aliphatic hydroxyl groups is 1. The molecule has 244 valence electrons. The second-order valence-electron chi connectivity index (χ2n) is 12.0. The molecule has 3 aromatic carbocycles. The second-order valence-corrected chi connectivity index (χ2v) is 12.0. The molecule has 0 saturated carbocycles. The number of benzene rings is 3. The summed E-state index contributed by atoms with van der Waals surface area (Å²) in [7, 11) is 0. The Morgan fingerprint density at radius 2 is 1.44 bits per heavy atom. The van der Waals surface area contributed by atoms with E-state index in [-0.39, 0.29) is 44.2 Å². The fourth-order valence-electron chi connectivity index (χ4n) is 5.47. The summed E-state index contributed by atoms with van der Waals surface area (Å²) in [6, 6.07) is 18.9. The van der Waals surface area contributed by atoms with E-state index in [1.54, 1.807) is 54.6 Å². The van der Waals surface area contributed by atoms with E-state index in [0.717, 1.165) is 0 Å². The minimum Gasteiger partial charge on any atom is -0.445 e. The fourth-order valence-corrected chi connectivity index (χ4v) is 5.47. The van der Waals surface area contributed by atoms with Gasteiger partial charge in [-0.25, -0.2) is 4.79 Å². The Kier molecular flexibility index (Phi) is 9.63. The first-order valence-corrected chi connectivity index (χ1v) is 14.3. The molecule has 12 heteroatoms. The molecule has 1 aliphatic rings. The Bertz CT molecular complexity index is 1430. The van der Waals surface area contributed by atoms with Gasteiger partial charge in [0.2, 0.25) is 0 Å². The maximum atomic E-state index is 13.9. The Hall–Kier alpha value is -3.61. The predicted molar refractivity (Wildman–Crippen MR) is 155 cm³/mol. The molecule has 1 saturated heterocycles. The number of ether oxygens (including phenoxy) is 2. The Labute approximate surface area is 257 Å². The molecule has 3 N–H and O–H groups in total. The molecule has 0 bridgehead atoms. The molecule has 0 aromatic heterocycles. The van der Waals surface area contributed by atoms with Crippen LogP contribution >= 0.6 is 0 Å². The van der Waals surface area contributed by atoms with E-state index in [0.29, 0.717) is 23.3 Å². The number of amides is 1. The number of alkyl halides is 6. The average Bonchev–Trinajstić information content (AvgIpc) is 2.98. The van der Waals surface area contributed by atoms with Crippen LogP contribution in [0.2, 0.25) is 0 Å². The Balaban J connectivity index is 1.73. The standard InChI is InChI=1S/C33H36F6N2O4/c1-22(24-16-26(32(34,35)36)18-27(17-24)33(37,38)39)45-21-30(25-12-8-5-9-13-25)14-15-31(40,29(2,3)43)20-41(30)28(42)44-19-23-10-6-4-7-11-23/h4-13,16-18,22,43H,14-15,19-21,40H2,1-3H3/t22?,30-,31?/m1/s1. The summed E-state index contributed by atoms with van der Waals surface area (Å²) in [6.07, 6.45) is -11.7. The van der Waals surface area contributed by atoms with Crippen LogP contribution in [-0.4, -0.2) is 40.4 Å². The van der Waals surface area contributed by atoms with Gasteiger partial charge in [0.25, 0.3) is 0 Å². The van der Waals surface area contributed by atoms with Crippen molar-refractivity contribution in [3.05, 3.63) is 107 Å². The molecule has 1 fully saturated rings. The van der Waals surface area contributed by atoms with Crippen LogP contribution in [0.5, 0.6) is 0 Å². The van der Waals surface area contributed by atoms with Crippen molar-refractivity contribution in [3.63, 3.8) is 0 Å². The van der Waals surface area contributed by atoms with Gasteiger partial charge in [0.15, 0.2) is 0 Å². The zero-order valence-electron chi connectivity index (χ0n) is 25.1. The van der Waals surface area contributed by atoms with Gasteiger partial charge in [0.05, 0.1) is 40.5 Å². The van der Waals surface area contributed by atoms with Gasteiger partial charge in [-0.05, 0) is 68.5 Å². The summed E-state index contributed by atoms with van der Waals surface area (Å²) in [6.45, 7) is 3.82. The monoisotopic (exact) mass is 638 g/mol. The van der Waals surface area contributed by atoms with Crippen LogP contribution in [0.1, 0.15) is 67.5 Å². The highest BCUT2D eigenvalue weighted by atomic mass is 19.4. The SMILES string of the molecule is CC(OC[C@@]1(c2ccccc2)CCC(N)(C(C)(C)O)CN1C(=O)OCc1ccccc1)c1cc(C(F)(F)F)cc(C(F)(F)F)c1. The second kappa shape index (κ2) is 12.6. The highest BCUT2D eigenvalue weighted by molar-refractivity contribution is 5.70. The highest BCUT2D eigenvalue weighted by Gasteiger charge is 2.55. The third-order valence-corrected chi connectivity index (χ3v) is 8.55. The third-order valence-electron chi connectivity index (χ3n) is 8.55. The first-order valence-electron chi connectivity index (χ1n) is 14.3. The van der Waals surface area contributed by atoms with Crippen LogP contribution in [-0.2, 0) is 34.0 Å². The lowest BCUT2D eigenvalue weighted by atomic mass is 9.69. The van der Waals surface area contributed by atoms with Crippen molar-refractivity contribution in [2.24, 2.45) is 5.73 Å². The number of hydrogen-bond acceptors (Lipinski definition) is 5. The van der Waals surface area contributed by atoms with Crippen LogP contribution < -0.4 is 5.73 Å². The smallest absolute Gasteiger partial charge is 0.416 e. The zero-order chi connectivity index (χ0) is 33.3. The number of rotatable bonds is 8. The van der Waals surface area contributed by atoms with Gasteiger partial charge < -0.3 is 20.3 Å². The lowest BCUT2D eigenvalue weighted by Crippen LogP contribution is -2.71. The van der Waals surface area contributed by atoms with Crippen molar-refractivity contribution in [2.45, 2.75) is 75.4 Å². The zero-order valence-corrected chi connectivity index (χ0v) is 25.1. The summed E-state index contributed by atoms with van der Waals surface area (Å²) < 4.78 is 93.1. The summed E-state index contributed by atoms with van der Waals surface area (Å²) >= 11 is 0. The van der Waals surface area contributed by atoms with Gasteiger partial charge in [-0.2, -0.15) is 26.3 Å². The first-order chi connectivity index (χ1) is 20.9. The maximum Gasteiger partial charge on any atom is 0.416 e. The quantitative estimate of drug-likeness (QED) is 0.248. The van der Waals surface area contributed by atoms with Crippen LogP contribution in [0.25, 0.3) is 0 Å². The fraction of sp³-hybridized carbons (Fsp3) is 0.424. The van der Waals surface area contributed by atoms with Crippen molar-refractivity contribution in [1.82, 2.24) is 4.90 Å². The van der Waals surface area contributed by atoms with Gasteiger partial charge in [-0.15, -0.1) is 0 Å². The summed E-state index contributed by atoms with van der Waals surface area (Å²) in [5.41, 5.74) is 0.712. The molecule has 6 nitrogen and oxygen atoms in total. The van der Waals surface area contributed by atoms with Crippen molar-refractivity contribution in [2.75, 3.05) is 13.2 Å². The molecule has 0 aliphatic carbocycles. The molecule has 1 amide bonds. The molecule has 0 spiro atoms. The largest absolute Gasteiger partial charge is 0.445 e. The lowest BCUT2D eigenvalue weighted by molar-refractivity contribution is -0.143. The van der Waals surface area contributed by atoms with E-state index in [2.05, 4.69) is 0 Å². The summed E-state index contributed by atoms with van der Waals surface area (Å²) in [5.74, 6) is 0. The van der Waals surface area contributed by atoms with Gasteiger partial charge in [-0.1, -0.05) is 60.7 Å². The number of carbonyl (C=O) groups is 1. The van der Waals surface area contributed by atoms with E-state index in [9.17, 15) is 36.2 Å². The van der Waals surface area contributed by atoms with Crippen LogP contribution in [0.15, 0.2) is 78.9 Å². The van der Waals surface area contributed by atoms with Crippen molar-refractivity contribution < 1.29 is 45.7 Å². The normalized spacial score (nSPS) is 21.8. The Morgan fingerprint density at radius 3 is 1.96 bits per heavy atom. The van der Waals surface area contributed by atoms with Crippen LogP contribution in [0, 0.1) is 0 Å². The van der Waals surface area contributed by atoms with Gasteiger partial charge >= 0.3 is 18.4 Å². The Morgan fingerprint density at radius 1 is 0.911 bits per heavy atom. The van der Waals surface area contributed by atoms with E-state index >= 15 is 0 Å². The minimum atomic E-state index is -5.02. The number of likely N-dealkylation sites (tertiary alicyclic amines) is 1.